The summed E-state index contributed by atoms with van der Waals surface area (Å²) in [6.07, 6.45) is -7.60. The molecule has 19 heteroatoms. The molecule has 0 amide bonds. The van der Waals surface area contributed by atoms with Gasteiger partial charge in [-0.2, -0.15) is 0 Å². The summed E-state index contributed by atoms with van der Waals surface area (Å²) in [5, 5.41) is 10.3. The number of nitrogens with zero attached hydrogens (tertiary/aromatic N) is 1. The van der Waals surface area contributed by atoms with Gasteiger partial charge in [0.1, 0.15) is 6.61 Å². The third kappa shape index (κ3) is 8.81. The lowest BCUT2D eigenvalue weighted by Gasteiger charge is -2.26. The molecular formula is C20H29F2N2O14P. The highest BCUT2D eigenvalue weighted by atomic mass is 31.2. The first-order valence-corrected chi connectivity index (χ1v) is 12.7. The van der Waals surface area contributed by atoms with Gasteiger partial charge in [0.15, 0.2) is 18.0 Å². The first-order chi connectivity index (χ1) is 18.0. The molecule has 1 aliphatic rings. The third-order valence-corrected chi connectivity index (χ3v) is 5.98. The molecule has 0 aromatic carbocycles. The molecule has 1 unspecified atom stereocenters. The minimum atomic E-state index is -5.01. The van der Waals surface area contributed by atoms with Crippen molar-refractivity contribution >= 4 is 20.1 Å². The Bertz CT molecular complexity index is 1140. The van der Waals surface area contributed by atoms with Crippen molar-refractivity contribution in [2.24, 2.45) is 0 Å². The van der Waals surface area contributed by atoms with E-state index in [0.29, 0.717) is 11.5 Å². The van der Waals surface area contributed by atoms with E-state index in [2.05, 4.69) is 18.9 Å². The van der Waals surface area contributed by atoms with E-state index in [1.165, 1.54) is 27.7 Å². The van der Waals surface area contributed by atoms with E-state index in [0.717, 1.165) is 12.3 Å². The Kier molecular flexibility index (Phi) is 10.8. The van der Waals surface area contributed by atoms with E-state index in [1.807, 2.05) is 4.98 Å². The number of aromatic nitrogens is 2. The van der Waals surface area contributed by atoms with Gasteiger partial charge in [0, 0.05) is 12.3 Å². The molecule has 2 heterocycles. The molecule has 0 bridgehead atoms. The molecule has 2 rings (SSSR count). The van der Waals surface area contributed by atoms with Crippen LogP contribution in [-0.4, -0.2) is 77.0 Å². The van der Waals surface area contributed by atoms with Crippen molar-refractivity contribution in [1.82, 2.24) is 9.55 Å². The van der Waals surface area contributed by atoms with Crippen molar-refractivity contribution in [3.8, 4) is 0 Å². The molecule has 39 heavy (non-hydrogen) atoms. The SMILES string of the molecule is CC(C)OC(=O)OCOP(=O)(OCOC(=O)OC(C)C)OC[C@@]1(F)OC(n2ccc(=O)[nH]c2=O)[C@](C)(F)[C@@H]1O. The number of alkyl halides is 2. The van der Waals surface area contributed by atoms with E-state index in [9.17, 15) is 28.8 Å². The zero-order chi connectivity index (χ0) is 29.6. The van der Waals surface area contributed by atoms with Gasteiger partial charge in [-0.1, -0.05) is 0 Å². The van der Waals surface area contributed by atoms with E-state index in [4.69, 9.17) is 18.3 Å². The van der Waals surface area contributed by atoms with Crippen molar-refractivity contribution in [3.63, 3.8) is 0 Å². The number of carbonyl (C=O) groups excluding carboxylic acids is 2. The van der Waals surface area contributed by atoms with Crippen LogP contribution < -0.4 is 11.2 Å². The first kappa shape index (κ1) is 32.3. The lowest BCUT2D eigenvalue weighted by molar-refractivity contribution is -0.206. The van der Waals surface area contributed by atoms with Crippen LogP contribution in [-0.2, 0) is 41.8 Å². The summed E-state index contributed by atoms with van der Waals surface area (Å²) in [5.41, 5.74) is -5.00. The van der Waals surface area contributed by atoms with Gasteiger partial charge in [0.25, 0.3) is 11.4 Å². The summed E-state index contributed by atoms with van der Waals surface area (Å²) in [6.45, 7) is 2.95. The van der Waals surface area contributed by atoms with Gasteiger partial charge in [0.2, 0.25) is 13.6 Å². The van der Waals surface area contributed by atoms with Crippen LogP contribution in [0, 0.1) is 0 Å². The average Bonchev–Trinajstić information content (AvgIpc) is 2.97. The monoisotopic (exact) mass is 590 g/mol. The average molecular weight is 590 g/mol. The molecule has 16 nitrogen and oxygen atoms in total. The second-order valence-electron chi connectivity index (χ2n) is 8.66. The number of phosphoric acid groups is 1. The van der Waals surface area contributed by atoms with E-state index < -0.39 is 87.6 Å². The highest BCUT2D eigenvalue weighted by Crippen LogP contribution is 2.53. The Morgan fingerprint density at radius 3 is 2.05 bits per heavy atom. The van der Waals surface area contributed by atoms with Crippen LogP contribution in [0.5, 0.6) is 0 Å². The van der Waals surface area contributed by atoms with E-state index in [-0.39, 0.29) is 0 Å². The summed E-state index contributed by atoms with van der Waals surface area (Å²) in [5.74, 6) is -3.47. The number of hydrogen-bond donors (Lipinski definition) is 2. The smallest absolute Gasteiger partial charge is 0.432 e. The van der Waals surface area contributed by atoms with Crippen molar-refractivity contribution in [1.29, 1.82) is 0 Å². The zero-order valence-corrected chi connectivity index (χ0v) is 22.4. The van der Waals surface area contributed by atoms with Gasteiger partial charge in [-0.05, 0) is 34.6 Å². The molecule has 0 spiro atoms. The van der Waals surface area contributed by atoms with E-state index >= 15 is 8.78 Å². The fraction of sp³-hybridized carbons (Fsp3) is 0.700. The number of phosphoric ester groups is 1. The number of H-pyrrole nitrogens is 1. The molecule has 0 saturated carbocycles. The summed E-state index contributed by atoms with van der Waals surface area (Å²) in [6, 6.07) is 0.826. The topological polar surface area (TPSA) is 200 Å². The lowest BCUT2D eigenvalue weighted by atomic mass is 9.97. The Hall–Kier alpha value is -2.89. The molecular weight excluding hydrogens is 561 g/mol. The summed E-state index contributed by atoms with van der Waals surface area (Å²) >= 11 is 0. The quantitative estimate of drug-likeness (QED) is 0.203. The maximum atomic E-state index is 15.6. The summed E-state index contributed by atoms with van der Waals surface area (Å²) in [7, 11) is -5.01. The number of aliphatic hydroxyl groups excluding tert-OH is 1. The number of aliphatic hydroxyl groups is 1. The number of rotatable bonds is 12. The Morgan fingerprint density at radius 1 is 1.08 bits per heavy atom. The number of hydrogen-bond acceptors (Lipinski definition) is 14. The number of aromatic amines is 1. The molecule has 0 radical (unpaired) electrons. The van der Waals surface area contributed by atoms with Crippen LogP contribution in [0.3, 0.4) is 0 Å². The van der Waals surface area contributed by atoms with Gasteiger partial charge < -0.3 is 28.8 Å². The van der Waals surface area contributed by atoms with Crippen LogP contribution in [0.15, 0.2) is 21.9 Å². The van der Waals surface area contributed by atoms with Crippen LogP contribution >= 0.6 is 7.82 Å². The maximum Gasteiger partial charge on any atom is 0.510 e. The molecule has 1 saturated heterocycles. The molecule has 4 atom stereocenters. The Labute approximate surface area is 219 Å². The Balaban J connectivity index is 2.17. The fourth-order valence-electron chi connectivity index (χ4n) is 2.99. The largest absolute Gasteiger partial charge is 0.510 e. The van der Waals surface area contributed by atoms with Crippen molar-refractivity contribution in [2.45, 2.75) is 70.7 Å². The van der Waals surface area contributed by atoms with E-state index in [1.54, 1.807) is 0 Å². The standard InChI is InChI=1S/C20H29F2N2O14P/c1-11(2)36-17(28)31-9-34-39(30,35-10-32-18(29)37-12(3)4)33-8-20(22)14(26)19(5,21)15(38-20)24-7-6-13(25)23-16(24)27/h6-7,11-12,14-15,26H,8-10H2,1-5H3,(H,23,25,27)/t14-,15?,19+,20+/m0/s1. The molecule has 0 aliphatic carbocycles. The molecule has 222 valence electrons. The number of carbonyl (C=O) groups is 2. The highest BCUT2D eigenvalue weighted by molar-refractivity contribution is 7.48. The molecule has 1 aromatic rings. The van der Waals surface area contributed by atoms with Gasteiger partial charge in [-0.15, -0.1) is 0 Å². The third-order valence-electron chi connectivity index (χ3n) is 4.70. The highest BCUT2D eigenvalue weighted by Gasteiger charge is 2.65. The van der Waals surface area contributed by atoms with Crippen molar-refractivity contribution in [2.75, 3.05) is 20.2 Å². The lowest BCUT2D eigenvalue weighted by Crippen LogP contribution is -2.47. The second-order valence-corrected chi connectivity index (χ2v) is 10.3. The summed E-state index contributed by atoms with van der Waals surface area (Å²) < 4.78 is 82.1. The minimum absolute atomic E-state index is 0.473. The Morgan fingerprint density at radius 2 is 1.59 bits per heavy atom. The number of ether oxygens (including phenoxy) is 5. The van der Waals surface area contributed by atoms with Crippen LogP contribution in [0.25, 0.3) is 0 Å². The van der Waals surface area contributed by atoms with Crippen LogP contribution in [0.2, 0.25) is 0 Å². The maximum absolute atomic E-state index is 15.6. The predicted octanol–water partition coefficient (Wildman–Crippen LogP) is 2.02. The molecule has 1 aromatic heterocycles. The van der Waals surface area contributed by atoms with Crippen LogP contribution in [0.4, 0.5) is 18.4 Å². The predicted molar refractivity (Wildman–Crippen MR) is 122 cm³/mol. The second kappa shape index (κ2) is 13.0. The van der Waals surface area contributed by atoms with Gasteiger partial charge in [0.05, 0.1) is 12.2 Å². The molecule has 1 aliphatic heterocycles. The first-order valence-electron chi connectivity index (χ1n) is 11.2. The number of nitrogens with one attached hydrogen (secondary N) is 1. The zero-order valence-electron chi connectivity index (χ0n) is 21.5. The summed E-state index contributed by atoms with van der Waals surface area (Å²) in [4.78, 5) is 48.2. The fourth-order valence-corrected chi connectivity index (χ4v) is 3.91. The normalized spacial score (nSPS) is 25.1. The van der Waals surface area contributed by atoms with Gasteiger partial charge >= 0.3 is 25.8 Å². The van der Waals surface area contributed by atoms with Crippen molar-refractivity contribution < 1.29 is 65.3 Å². The van der Waals surface area contributed by atoms with Gasteiger partial charge in [-0.3, -0.25) is 18.9 Å². The molecule has 1 fully saturated rings. The van der Waals surface area contributed by atoms with Gasteiger partial charge in [-0.25, -0.2) is 36.8 Å². The minimum Gasteiger partial charge on any atom is -0.432 e. The molecule has 2 N–H and O–H groups in total. The van der Waals surface area contributed by atoms with Crippen molar-refractivity contribution in [3.05, 3.63) is 33.1 Å². The van der Waals surface area contributed by atoms with Crippen LogP contribution in [0.1, 0.15) is 40.8 Å². The number of halogens is 2.